The monoisotopic (exact) mass is 534 g/mol. The van der Waals surface area contributed by atoms with Crippen LogP contribution in [0, 0.1) is 6.92 Å². The van der Waals surface area contributed by atoms with E-state index in [1.54, 1.807) is 22.4 Å². The zero-order valence-corrected chi connectivity index (χ0v) is 22.2. The average Bonchev–Trinajstić information content (AvgIpc) is 3.63. The Balaban J connectivity index is 1.41. The normalized spacial score (nSPS) is 20.0. The molecule has 0 bridgehead atoms. The summed E-state index contributed by atoms with van der Waals surface area (Å²) in [5, 5.41) is 2.39. The molecular formula is C24H30N4O4S3. The molecule has 3 aromatic rings. The second-order valence-corrected chi connectivity index (χ2v) is 13.0. The lowest BCUT2D eigenvalue weighted by atomic mass is 10.2. The van der Waals surface area contributed by atoms with E-state index in [4.69, 9.17) is 9.72 Å². The lowest BCUT2D eigenvalue weighted by Crippen LogP contribution is -2.48. The summed E-state index contributed by atoms with van der Waals surface area (Å²) in [5.74, 6) is -0.179. The zero-order valence-electron chi connectivity index (χ0n) is 19.8. The summed E-state index contributed by atoms with van der Waals surface area (Å²) in [7, 11) is -3.71. The summed E-state index contributed by atoms with van der Waals surface area (Å²) in [6, 6.07) is 8.66. The largest absolute Gasteiger partial charge is 0.379 e. The van der Waals surface area contributed by atoms with Crippen molar-refractivity contribution in [2.24, 2.45) is 0 Å². The molecule has 2 aliphatic rings. The van der Waals surface area contributed by atoms with Crippen molar-refractivity contribution in [2.75, 3.05) is 50.8 Å². The van der Waals surface area contributed by atoms with Crippen molar-refractivity contribution in [1.82, 2.24) is 14.2 Å². The first-order valence-corrected chi connectivity index (χ1v) is 15.1. The SMILES string of the molecule is Cc1cccc2sc(N(CCCN3CCOCC3)C(=O)C3CCCN3S(=O)(=O)c3cccs3)nc12. The highest BCUT2D eigenvalue weighted by atomic mass is 32.2. The molecule has 2 fully saturated rings. The Kier molecular flexibility index (Phi) is 7.52. The first kappa shape index (κ1) is 24.8. The van der Waals surface area contributed by atoms with Gasteiger partial charge in [-0.3, -0.25) is 14.6 Å². The number of morpholine rings is 1. The number of ether oxygens (including phenoxy) is 1. The molecule has 8 nitrogen and oxygen atoms in total. The molecule has 4 heterocycles. The molecule has 2 aromatic heterocycles. The van der Waals surface area contributed by atoms with E-state index in [-0.39, 0.29) is 10.1 Å². The molecule has 1 unspecified atom stereocenters. The van der Waals surface area contributed by atoms with Crippen LogP contribution in [0.15, 0.2) is 39.9 Å². The molecule has 0 aliphatic carbocycles. The van der Waals surface area contributed by atoms with Crippen LogP contribution in [0.4, 0.5) is 5.13 Å². The van der Waals surface area contributed by atoms with E-state index in [1.807, 2.05) is 25.1 Å². The summed E-state index contributed by atoms with van der Waals surface area (Å²) < 4.78 is 34.8. The second kappa shape index (κ2) is 10.6. The van der Waals surface area contributed by atoms with Crippen LogP contribution in [0.5, 0.6) is 0 Å². The van der Waals surface area contributed by atoms with Crippen LogP contribution in [0.25, 0.3) is 10.2 Å². The predicted molar refractivity (Wildman–Crippen MR) is 140 cm³/mol. The van der Waals surface area contributed by atoms with Crippen LogP contribution in [0.1, 0.15) is 24.8 Å². The third-order valence-electron chi connectivity index (χ3n) is 6.61. The smallest absolute Gasteiger partial charge is 0.253 e. The standard InChI is InChI=1S/C24H30N4O4S3/c1-18-6-2-8-20-22(18)25-24(34-20)27(11-5-10-26-13-15-32-16-14-26)23(29)19-7-3-12-28(19)35(30,31)21-9-4-17-33-21/h2,4,6,8-9,17,19H,3,5,7,10-16H2,1H3. The van der Waals surface area contributed by atoms with Gasteiger partial charge in [0.25, 0.3) is 10.0 Å². The van der Waals surface area contributed by atoms with Gasteiger partial charge in [-0.25, -0.2) is 13.4 Å². The lowest BCUT2D eigenvalue weighted by Gasteiger charge is -2.30. The predicted octanol–water partition coefficient (Wildman–Crippen LogP) is 3.57. The molecule has 2 aliphatic heterocycles. The number of hydrogen-bond donors (Lipinski definition) is 0. The summed E-state index contributed by atoms with van der Waals surface area (Å²) in [4.78, 5) is 22.9. The van der Waals surface area contributed by atoms with Gasteiger partial charge in [-0.2, -0.15) is 4.31 Å². The van der Waals surface area contributed by atoms with Crippen molar-refractivity contribution >= 4 is 54.0 Å². The lowest BCUT2D eigenvalue weighted by molar-refractivity contribution is -0.121. The van der Waals surface area contributed by atoms with Gasteiger partial charge in [-0.15, -0.1) is 11.3 Å². The maximum Gasteiger partial charge on any atom is 0.253 e. The number of rotatable bonds is 8. The van der Waals surface area contributed by atoms with Crippen molar-refractivity contribution in [2.45, 2.75) is 36.4 Å². The quantitative estimate of drug-likeness (QED) is 0.439. The van der Waals surface area contributed by atoms with E-state index < -0.39 is 16.1 Å². The number of amides is 1. The Morgan fingerprint density at radius 3 is 2.77 bits per heavy atom. The zero-order chi connectivity index (χ0) is 24.4. The van der Waals surface area contributed by atoms with Crippen molar-refractivity contribution in [3.8, 4) is 0 Å². The van der Waals surface area contributed by atoms with Gasteiger partial charge in [-0.05, 0) is 49.3 Å². The highest BCUT2D eigenvalue weighted by molar-refractivity contribution is 7.91. The molecule has 0 radical (unpaired) electrons. The molecule has 0 saturated carbocycles. The number of hydrogen-bond acceptors (Lipinski definition) is 8. The fourth-order valence-corrected chi connectivity index (χ4v) is 8.59. The number of thiazole rings is 1. The molecule has 0 spiro atoms. The molecule has 5 rings (SSSR count). The fraction of sp³-hybridized carbons (Fsp3) is 0.500. The number of nitrogens with zero attached hydrogens (tertiary/aromatic N) is 4. The van der Waals surface area contributed by atoms with Gasteiger partial charge in [0.1, 0.15) is 10.3 Å². The van der Waals surface area contributed by atoms with Crippen LogP contribution in [0.3, 0.4) is 0 Å². The van der Waals surface area contributed by atoms with Gasteiger partial charge in [-0.1, -0.05) is 29.5 Å². The van der Waals surface area contributed by atoms with E-state index in [0.29, 0.717) is 31.1 Å². The van der Waals surface area contributed by atoms with E-state index in [2.05, 4.69) is 4.90 Å². The van der Waals surface area contributed by atoms with E-state index >= 15 is 0 Å². The van der Waals surface area contributed by atoms with Crippen LogP contribution in [0.2, 0.25) is 0 Å². The van der Waals surface area contributed by atoms with E-state index in [0.717, 1.165) is 55.0 Å². The van der Waals surface area contributed by atoms with Gasteiger partial charge >= 0.3 is 0 Å². The van der Waals surface area contributed by atoms with Gasteiger partial charge in [0, 0.05) is 32.7 Å². The molecule has 2 saturated heterocycles. The van der Waals surface area contributed by atoms with Crippen LogP contribution in [-0.4, -0.2) is 80.5 Å². The minimum Gasteiger partial charge on any atom is -0.379 e. The van der Waals surface area contributed by atoms with Crippen molar-refractivity contribution in [1.29, 1.82) is 0 Å². The highest BCUT2D eigenvalue weighted by Gasteiger charge is 2.42. The number of fused-ring (bicyclic) bond motifs is 1. The number of carbonyl (C=O) groups is 1. The number of sulfonamides is 1. The van der Waals surface area contributed by atoms with E-state index in [9.17, 15) is 13.2 Å². The van der Waals surface area contributed by atoms with Gasteiger partial charge in [0.15, 0.2) is 5.13 Å². The number of benzene rings is 1. The molecule has 11 heteroatoms. The van der Waals surface area contributed by atoms with Gasteiger partial charge in [0.05, 0.1) is 23.4 Å². The van der Waals surface area contributed by atoms with Gasteiger partial charge < -0.3 is 4.74 Å². The second-order valence-electron chi connectivity index (χ2n) is 8.92. The topological polar surface area (TPSA) is 83.0 Å². The number of aromatic nitrogens is 1. The van der Waals surface area contributed by atoms with E-state index in [1.165, 1.54) is 27.0 Å². The number of thiophene rings is 1. The Morgan fingerprint density at radius 2 is 2.03 bits per heavy atom. The molecule has 35 heavy (non-hydrogen) atoms. The molecular weight excluding hydrogens is 504 g/mol. The maximum atomic E-state index is 14.0. The summed E-state index contributed by atoms with van der Waals surface area (Å²) in [6.45, 7) is 6.99. The number of carbonyl (C=O) groups excluding carboxylic acids is 1. The molecule has 1 aromatic carbocycles. The third-order valence-corrected chi connectivity index (χ3v) is 10.9. The fourth-order valence-electron chi connectivity index (χ4n) is 4.75. The Labute approximate surface area is 214 Å². The molecule has 188 valence electrons. The number of aryl methyl sites for hydroxylation is 1. The molecule has 1 atom stereocenters. The van der Waals surface area contributed by atoms with Crippen LogP contribution < -0.4 is 4.90 Å². The van der Waals surface area contributed by atoms with Crippen molar-refractivity contribution in [3.63, 3.8) is 0 Å². The first-order chi connectivity index (χ1) is 16.9. The number of para-hydroxylation sites is 1. The van der Waals surface area contributed by atoms with Gasteiger partial charge in [0.2, 0.25) is 5.91 Å². The Bertz CT molecular complexity index is 1270. The maximum absolute atomic E-state index is 14.0. The summed E-state index contributed by atoms with van der Waals surface area (Å²) >= 11 is 2.68. The van der Waals surface area contributed by atoms with Crippen molar-refractivity contribution < 1.29 is 17.9 Å². The molecule has 0 N–H and O–H groups in total. The summed E-state index contributed by atoms with van der Waals surface area (Å²) in [6.07, 6.45) is 1.97. The minimum atomic E-state index is -3.71. The van der Waals surface area contributed by atoms with Crippen LogP contribution >= 0.6 is 22.7 Å². The summed E-state index contributed by atoms with van der Waals surface area (Å²) in [5.41, 5.74) is 1.96. The number of anilines is 1. The van der Waals surface area contributed by atoms with Crippen LogP contribution in [-0.2, 0) is 19.6 Å². The average molecular weight is 535 g/mol. The highest BCUT2D eigenvalue weighted by Crippen LogP contribution is 2.34. The Morgan fingerprint density at radius 1 is 1.20 bits per heavy atom. The third kappa shape index (κ3) is 5.16. The molecule has 1 amide bonds. The first-order valence-electron chi connectivity index (χ1n) is 12.0. The Hall–Kier alpha value is -1.89. The minimum absolute atomic E-state index is 0.179. The van der Waals surface area contributed by atoms with Crippen molar-refractivity contribution in [3.05, 3.63) is 41.3 Å².